The van der Waals surface area contributed by atoms with E-state index in [0.717, 1.165) is 23.1 Å². The number of rotatable bonds is 17. The van der Waals surface area contributed by atoms with Gasteiger partial charge < -0.3 is 40.2 Å². The number of carbonyl (C=O) groups is 6. The summed E-state index contributed by atoms with van der Waals surface area (Å²) < 4.78 is 13.1. The highest BCUT2D eigenvalue weighted by atomic mass is 16.5. The number of hydrogen-bond acceptors (Lipinski definition) is 9. The second-order valence-electron chi connectivity index (χ2n) is 19.2. The molecular formula is C47H64BN7O8. The van der Waals surface area contributed by atoms with Gasteiger partial charge in [-0.2, -0.15) is 0 Å². The van der Waals surface area contributed by atoms with E-state index < -0.39 is 76.8 Å². The Balaban J connectivity index is 1.42. The average Bonchev–Trinajstić information content (AvgIpc) is 3.97. The van der Waals surface area contributed by atoms with Crippen LogP contribution in [0.4, 0.5) is 4.79 Å². The number of esters is 1. The van der Waals surface area contributed by atoms with Crippen molar-refractivity contribution in [2.45, 2.75) is 141 Å². The first kappa shape index (κ1) is 48.5. The Morgan fingerprint density at radius 3 is 2.02 bits per heavy atom. The summed E-state index contributed by atoms with van der Waals surface area (Å²) in [6.07, 6.45) is 5.74. The lowest BCUT2D eigenvalue weighted by Gasteiger charge is -2.34. The van der Waals surface area contributed by atoms with E-state index in [0.29, 0.717) is 18.5 Å². The van der Waals surface area contributed by atoms with Crippen LogP contribution in [0.5, 0.6) is 0 Å². The number of aryl methyl sites for hydroxylation is 1. The van der Waals surface area contributed by atoms with Crippen LogP contribution in [0.25, 0.3) is 0 Å². The van der Waals surface area contributed by atoms with Crippen molar-refractivity contribution >= 4 is 43.3 Å². The van der Waals surface area contributed by atoms with Crippen molar-refractivity contribution in [1.29, 1.82) is 0 Å². The van der Waals surface area contributed by atoms with Gasteiger partial charge in [-0.05, 0) is 62.1 Å². The molecule has 2 radical (unpaired) electrons. The first-order valence-electron chi connectivity index (χ1n) is 21.8. The number of methoxy groups -OCH3 is 1. The van der Waals surface area contributed by atoms with E-state index in [4.69, 9.17) is 17.3 Å². The maximum atomic E-state index is 14.7. The Hall–Kier alpha value is -5.51. The SMILES string of the molecule is [B]C(=O)N[C@@H](Cc1cncn1C)C(=O)N1C[C@H](OC(C)(C)C)C[C@H]1C(=O)NC1(C(=O)NC(Cc2ccc(CC(C)(C)C)cc2)C(=O)N[C@@H](Cc2ccccc2)C(=O)OC)CCCC1. The molecule has 16 heteroatoms. The predicted octanol–water partition coefficient (Wildman–Crippen LogP) is 3.64. The molecule has 4 N–H and O–H groups in total. The van der Waals surface area contributed by atoms with Gasteiger partial charge in [0.1, 0.15) is 29.7 Å². The quantitative estimate of drug-likeness (QED) is 0.116. The summed E-state index contributed by atoms with van der Waals surface area (Å²) in [6.45, 7) is 12.2. The third kappa shape index (κ3) is 13.7. The number of amides is 5. The molecule has 0 spiro atoms. The van der Waals surface area contributed by atoms with Crippen LogP contribution < -0.4 is 21.3 Å². The van der Waals surface area contributed by atoms with Crippen molar-refractivity contribution in [3.8, 4) is 0 Å². The number of hydrogen-bond donors (Lipinski definition) is 4. The Morgan fingerprint density at radius 1 is 0.825 bits per heavy atom. The predicted molar refractivity (Wildman–Crippen MR) is 238 cm³/mol. The minimum Gasteiger partial charge on any atom is -0.467 e. The fourth-order valence-corrected chi connectivity index (χ4v) is 8.55. The van der Waals surface area contributed by atoms with Gasteiger partial charge in [-0.25, -0.2) is 9.78 Å². The molecule has 15 nitrogen and oxygen atoms in total. The summed E-state index contributed by atoms with van der Waals surface area (Å²) in [5.41, 5.74) is 1.40. The van der Waals surface area contributed by atoms with Crippen molar-refractivity contribution in [2.24, 2.45) is 12.5 Å². The minimum atomic E-state index is -1.42. The number of imidazole rings is 1. The number of benzene rings is 2. The Labute approximate surface area is 372 Å². The van der Waals surface area contributed by atoms with Crippen LogP contribution in [0, 0.1) is 5.41 Å². The van der Waals surface area contributed by atoms with E-state index in [1.807, 2.05) is 75.4 Å². The fourth-order valence-electron chi connectivity index (χ4n) is 8.55. The summed E-state index contributed by atoms with van der Waals surface area (Å²) in [7, 11) is 8.56. The van der Waals surface area contributed by atoms with E-state index >= 15 is 0 Å². The third-order valence-electron chi connectivity index (χ3n) is 11.5. The number of likely N-dealkylation sites (tertiary alicyclic amines) is 1. The highest BCUT2D eigenvalue weighted by Crippen LogP contribution is 2.33. The van der Waals surface area contributed by atoms with E-state index in [-0.39, 0.29) is 50.5 Å². The maximum Gasteiger partial charge on any atom is 0.328 e. The zero-order valence-electron chi connectivity index (χ0n) is 38.0. The normalized spacial score (nSPS) is 18.8. The number of nitrogens with one attached hydrogen (secondary N) is 4. The van der Waals surface area contributed by atoms with Crippen LogP contribution in [0.3, 0.4) is 0 Å². The third-order valence-corrected chi connectivity index (χ3v) is 11.5. The average molecular weight is 866 g/mol. The summed E-state index contributed by atoms with van der Waals surface area (Å²) in [5.74, 6) is -3.80. The monoisotopic (exact) mass is 865 g/mol. The molecule has 338 valence electrons. The van der Waals surface area contributed by atoms with Crippen LogP contribution in [-0.4, -0.2) is 113 Å². The Bertz CT molecular complexity index is 2070. The molecule has 2 aliphatic rings. The topological polar surface area (TPSA) is 190 Å². The molecule has 63 heavy (non-hydrogen) atoms. The minimum absolute atomic E-state index is 0.0524. The van der Waals surface area contributed by atoms with Gasteiger partial charge in [-0.1, -0.05) is 88.2 Å². The van der Waals surface area contributed by atoms with Gasteiger partial charge in [-0.3, -0.25) is 24.0 Å². The van der Waals surface area contributed by atoms with Crippen LogP contribution in [0.2, 0.25) is 0 Å². The van der Waals surface area contributed by atoms with Crippen molar-refractivity contribution < 1.29 is 38.2 Å². The summed E-state index contributed by atoms with van der Waals surface area (Å²) in [5, 5.41) is 11.4. The molecule has 1 saturated heterocycles. The number of ether oxygens (including phenoxy) is 2. The van der Waals surface area contributed by atoms with Gasteiger partial charge in [-0.15, -0.1) is 0 Å². The fraction of sp³-hybridized carbons (Fsp3) is 0.553. The lowest BCUT2D eigenvalue weighted by Crippen LogP contribution is -2.64. The summed E-state index contributed by atoms with van der Waals surface area (Å²) in [6, 6.07) is 12.7. The zero-order valence-corrected chi connectivity index (χ0v) is 38.0. The van der Waals surface area contributed by atoms with Crippen LogP contribution in [0.15, 0.2) is 67.1 Å². The van der Waals surface area contributed by atoms with Gasteiger partial charge >= 0.3 is 5.97 Å². The molecule has 1 unspecified atom stereocenters. The lowest BCUT2D eigenvalue weighted by atomic mass is 9.87. The van der Waals surface area contributed by atoms with Crippen molar-refractivity contribution in [3.05, 3.63) is 89.5 Å². The molecule has 5 atom stereocenters. The maximum absolute atomic E-state index is 14.7. The second kappa shape index (κ2) is 20.8. The molecule has 3 aromatic rings. The van der Waals surface area contributed by atoms with Crippen molar-refractivity contribution in [3.63, 3.8) is 0 Å². The molecule has 1 aliphatic heterocycles. The number of carbonyl (C=O) groups excluding carboxylic acids is 6. The lowest BCUT2D eigenvalue weighted by molar-refractivity contribution is -0.145. The summed E-state index contributed by atoms with van der Waals surface area (Å²) >= 11 is 0. The molecule has 5 rings (SSSR count). The largest absolute Gasteiger partial charge is 0.467 e. The van der Waals surface area contributed by atoms with Gasteiger partial charge in [0.25, 0.3) is 0 Å². The standard InChI is InChI=1S/C47H64BN7O8/c1-45(2,3)26-32-18-16-31(17-19-32)22-35(39(56)50-37(42(59)62-8)23-30-14-10-9-11-15-30)51-43(60)47(20-12-13-21-47)53-40(57)38-25-34(63-46(4,5)6)28-55(38)41(58)36(52-44(48)61)24-33-27-49-29-54(33)7/h9-11,14-19,27,29,34-38H,12-13,20-26,28H2,1-8H3,(H,50,56)(H,51,60)(H,52,61)(H,53,57)/t34-,35?,36+,37+,38+/m1/s1. The van der Waals surface area contributed by atoms with Crippen molar-refractivity contribution in [1.82, 2.24) is 35.7 Å². The van der Waals surface area contributed by atoms with Crippen LogP contribution >= 0.6 is 0 Å². The Kier molecular flexibility index (Phi) is 16.0. The molecule has 2 fully saturated rings. The van der Waals surface area contributed by atoms with Gasteiger partial charge in [0.15, 0.2) is 5.81 Å². The molecule has 0 bridgehead atoms. The van der Waals surface area contributed by atoms with Crippen LogP contribution in [0.1, 0.15) is 96.0 Å². The smallest absolute Gasteiger partial charge is 0.328 e. The number of nitrogens with zero attached hydrogens (tertiary/aromatic N) is 3. The molecule has 5 amide bonds. The van der Waals surface area contributed by atoms with E-state index in [1.54, 1.807) is 24.1 Å². The van der Waals surface area contributed by atoms with Crippen molar-refractivity contribution in [2.75, 3.05) is 13.7 Å². The van der Waals surface area contributed by atoms with Crippen LogP contribution in [-0.2, 0) is 66.2 Å². The molecular weight excluding hydrogens is 801 g/mol. The Morgan fingerprint density at radius 2 is 1.44 bits per heavy atom. The van der Waals surface area contributed by atoms with Gasteiger partial charge in [0.2, 0.25) is 31.5 Å². The molecule has 1 saturated carbocycles. The van der Waals surface area contributed by atoms with Gasteiger partial charge in [0.05, 0.1) is 25.1 Å². The summed E-state index contributed by atoms with van der Waals surface area (Å²) in [4.78, 5) is 88.8. The zero-order chi connectivity index (χ0) is 46.1. The number of aromatic nitrogens is 2. The first-order chi connectivity index (χ1) is 29.6. The van der Waals surface area contributed by atoms with Gasteiger partial charge in [0, 0.05) is 51.2 Å². The van der Waals surface area contributed by atoms with E-state index in [9.17, 15) is 28.8 Å². The molecule has 2 aromatic carbocycles. The van der Waals surface area contributed by atoms with E-state index in [1.165, 1.54) is 12.0 Å². The molecule has 1 aliphatic carbocycles. The highest BCUT2D eigenvalue weighted by Gasteiger charge is 2.49. The molecule has 2 heterocycles. The molecule has 1 aromatic heterocycles. The second-order valence-corrected chi connectivity index (χ2v) is 19.2. The van der Waals surface area contributed by atoms with E-state index in [2.05, 4.69) is 47.0 Å². The first-order valence-corrected chi connectivity index (χ1v) is 21.8. The highest BCUT2D eigenvalue weighted by molar-refractivity contribution is 6.57.